The summed E-state index contributed by atoms with van der Waals surface area (Å²) >= 11 is 0. The van der Waals surface area contributed by atoms with Crippen LogP contribution in [0.3, 0.4) is 0 Å². The molecule has 13 heavy (non-hydrogen) atoms. The topological polar surface area (TPSA) is 33.4 Å². The van der Waals surface area contributed by atoms with Crippen LogP contribution in [0.2, 0.25) is 0 Å². The molecule has 2 rings (SSSR count). The first kappa shape index (κ1) is 8.82. The quantitative estimate of drug-likeness (QED) is 0.622. The van der Waals surface area contributed by atoms with E-state index in [0.717, 1.165) is 42.8 Å². The van der Waals surface area contributed by atoms with Gasteiger partial charge in [-0.2, -0.15) is 0 Å². The first-order chi connectivity index (χ1) is 6.09. The molecule has 0 spiro atoms. The molecular formula is C11H16O2. The molecule has 0 bridgehead atoms. The third kappa shape index (κ3) is 1.51. The fraction of sp³-hybridized carbons (Fsp3) is 0.636. The molecule has 1 N–H and O–H groups in total. The second kappa shape index (κ2) is 2.88. The maximum Gasteiger partial charge on any atom is 0.110 e. The monoisotopic (exact) mass is 180 g/mol. The summed E-state index contributed by atoms with van der Waals surface area (Å²) in [5, 5.41) is 10.2. The summed E-state index contributed by atoms with van der Waals surface area (Å²) in [7, 11) is 0. The second-order valence-electron chi connectivity index (χ2n) is 4.17. The van der Waals surface area contributed by atoms with Gasteiger partial charge in [-0.05, 0) is 39.2 Å². The molecule has 72 valence electrons. The minimum absolute atomic E-state index is 0.677. The zero-order chi connectivity index (χ0) is 9.47. The lowest BCUT2D eigenvalue weighted by atomic mass is 9.93. The van der Waals surface area contributed by atoms with Crippen molar-refractivity contribution in [2.75, 3.05) is 0 Å². The Hall–Kier alpha value is -0.760. The smallest absolute Gasteiger partial charge is 0.110 e. The van der Waals surface area contributed by atoms with Crippen LogP contribution in [0, 0.1) is 6.92 Å². The van der Waals surface area contributed by atoms with Gasteiger partial charge in [-0.25, -0.2) is 0 Å². The fourth-order valence-corrected chi connectivity index (χ4v) is 2.09. The molecule has 0 fully saturated rings. The van der Waals surface area contributed by atoms with Crippen molar-refractivity contribution in [1.82, 2.24) is 0 Å². The lowest BCUT2D eigenvalue weighted by molar-refractivity contribution is 0.0468. The van der Waals surface area contributed by atoms with Gasteiger partial charge in [-0.1, -0.05) is 0 Å². The average Bonchev–Trinajstić information content (AvgIpc) is 2.36. The molecule has 0 aliphatic heterocycles. The van der Waals surface area contributed by atoms with Crippen LogP contribution in [0.4, 0.5) is 0 Å². The lowest BCUT2D eigenvalue weighted by Gasteiger charge is -2.20. The summed E-state index contributed by atoms with van der Waals surface area (Å²) < 4.78 is 5.56. The Kier molecular flexibility index (Phi) is 1.95. The number of rotatable bonds is 0. The molecule has 0 aromatic carbocycles. The second-order valence-corrected chi connectivity index (χ2v) is 4.17. The van der Waals surface area contributed by atoms with Crippen molar-refractivity contribution < 1.29 is 9.52 Å². The third-order valence-electron chi connectivity index (χ3n) is 2.83. The van der Waals surface area contributed by atoms with Crippen LogP contribution in [0.1, 0.15) is 43.3 Å². The van der Waals surface area contributed by atoms with Gasteiger partial charge in [0.2, 0.25) is 0 Å². The van der Waals surface area contributed by atoms with Crippen LogP contribution in [-0.2, 0) is 12.0 Å². The van der Waals surface area contributed by atoms with Gasteiger partial charge < -0.3 is 9.52 Å². The molecule has 2 nitrogen and oxygen atoms in total. The number of aryl methyl sites for hydroxylation is 2. The van der Waals surface area contributed by atoms with Gasteiger partial charge >= 0.3 is 0 Å². The zero-order valence-electron chi connectivity index (χ0n) is 8.26. The highest BCUT2D eigenvalue weighted by molar-refractivity contribution is 5.28. The summed E-state index contributed by atoms with van der Waals surface area (Å²) in [6.45, 7) is 3.82. The van der Waals surface area contributed by atoms with Gasteiger partial charge in [0, 0.05) is 12.0 Å². The summed E-state index contributed by atoms with van der Waals surface area (Å²) in [5.41, 5.74) is 0.325. The van der Waals surface area contributed by atoms with E-state index in [1.54, 1.807) is 0 Å². The highest BCUT2D eigenvalue weighted by Crippen LogP contribution is 2.35. The molecule has 1 aromatic rings. The first-order valence-corrected chi connectivity index (χ1v) is 4.92. The molecule has 1 unspecified atom stereocenters. The Morgan fingerprint density at radius 1 is 1.46 bits per heavy atom. The molecule has 1 aromatic heterocycles. The minimum atomic E-state index is -0.677. The van der Waals surface area contributed by atoms with Crippen LogP contribution >= 0.6 is 0 Å². The van der Waals surface area contributed by atoms with Crippen molar-refractivity contribution in [2.24, 2.45) is 0 Å². The number of fused-ring (bicyclic) bond motifs is 1. The van der Waals surface area contributed by atoms with Crippen LogP contribution in [0.5, 0.6) is 0 Å². The van der Waals surface area contributed by atoms with Gasteiger partial charge in [0.05, 0.1) is 5.60 Å². The Balaban J connectivity index is 2.47. The standard InChI is InChI=1S/C11H16O2/c1-8-7-9-10(13-8)5-3-4-6-11(9,2)12/h7,12H,3-6H2,1-2H3. The van der Waals surface area contributed by atoms with Crippen LogP contribution in [0.15, 0.2) is 10.5 Å². The van der Waals surface area contributed by atoms with Crippen molar-refractivity contribution in [3.8, 4) is 0 Å². The Morgan fingerprint density at radius 2 is 2.23 bits per heavy atom. The number of furan rings is 1. The molecule has 1 aliphatic rings. The summed E-state index contributed by atoms with van der Waals surface area (Å²) in [4.78, 5) is 0. The van der Waals surface area contributed by atoms with E-state index in [1.165, 1.54) is 0 Å². The maximum absolute atomic E-state index is 10.2. The van der Waals surface area contributed by atoms with E-state index in [2.05, 4.69) is 0 Å². The molecule has 0 saturated heterocycles. The summed E-state index contributed by atoms with van der Waals surface area (Å²) in [6, 6.07) is 1.97. The first-order valence-electron chi connectivity index (χ1n) is 4.92. The summed E-state index contributed by atoms with van der Waals surface area (Å²) in [6.07, 6.45) is 4.02. The van der Waals surface area contributed by atoms with Crippen molar-refractivity contribution in [3.63, 3.8) is 0 Å². The maximum atomic E-state index is 10.2. The molecule has 1 heterocycles. The van der Waals surface area contributed by atoms with E-state index in [0.29, 0.717) is 0 Å². The van der Waals surface area contributed by atoms with Gasteiger partial charge in [-0.15, -0.1) is 0 Å². The van der Waals surface area contributed by atoms with E-state index in [1.807, 2.05) is 19.9 Å². The number of aliphatic hydroxyl groups is 1. The van der Waals surface area contributed by atoms with Gasteiger partial charge in [0.1, 0.15) is 11.5 Å². The van der Waals surface area contributed by atoms with E-state index in [-0.39, 0.29) is 0 Å². The normalized spacial score (nSPS) is 28.2. The van der Waals surface area contributed by atoms with E-state index in [9.17, 15) is 5.11 Å². The van der Waals surface area contributed by atoms with Crippen molar-refractivity contribution in [2.45, 2.75) is 45.1 Å². The van der Waals surface area contributed by atoms with Gasteiger partial charge in [-0.3, -0.25) is 0 Å². The Labute approximate surface area is 78.6 Å². The number of hydrogen-bond acceptors (Lipinski definition) is 2. The fourth-order valence-electron chi connectivity index (χ4n) is 2.09. The molecule has 0 saturated carbocycles. The van der Waals surface area contributed by atoms with Crippen LogP contribution in [-0.4, -0.2) is 5.11 Å². The van der Waals surface area contributed by atoms with Crippen molar-refractivity contribution in [3.05, 3.63) is 23.2 Å². The lowest BCUT2D eigenvalue weighted by Crippen LogP contribution is -2.19. The zero-order valence-corrected chi connectivity index (χ0v) is 8.26. The molecule has 1 atom stereocenters. The van der Waals surface area contributed by atoms with E-state index >= 15 is 0 Å². The Morgan fingerprint density at radius 3 is 3.00 bits per heavy atom. The molecule has 1 aliphatic carbocycles. The van der Waals surface area contributed by atoms with Crippen LogP contribution < -0.4 is 0 Å². The third-order valence-corrected chi connectivity index (χ3v) is 2.83. The number of hydrogen-bond donors (Lipinski definition) is 1. The molecule has 0 radical (unpaired) electrons. The van der Waals surface area contributed by atoms with E-state index in [4.69, 9.17) is 4.42 Å². The van der Waals surface area contributed by atoms with Gasteiger partial charge in [0.15, 0.2) is 0 Å². The Bertz CT molecular complexity index is 310. The van der Waals surface area contributed by atoms with Gasteiger partial charge in [0.25, 0.3) is 0 Å². The molecule has 2 heteroatoms. The largest absolute Gasteiger partial charge is 0.466 e. The van der Waals surface area contributed by atoms with Crippen molar-refractivity contribution >= 4 is 0 Å². The average molecular weight is 180 g/mol. The minimum Gasteiger partial charge on any atom is -0.466 e. The van der Waals surface area contributed by atoms with E-state index < -0.39 is 5.60 Å². The predicted octanol–water partition coefficient (Wildman–Crippen LogP) is 2.52. The highest BCUT2D eigenvalue weighted by Gasteiger charge is 2.30. The predicted molar refractivity (Wildman–Crippen MR) is 50.6 cm³/mol. The molecule has 0 amide bonds. The molecular weight excluding hydrogens is 164 g/mol. The van der Waals surface area contributed by atoms with Crippen LogP contribution in [0.25, 0.3) is 0 Å². The van der Waals surface area contributed by atoms with Crippen molar-refractivity contribution in [1.29, 1.82) is 0 Å². The highest BCUT2D eigenvalue weighted by atomic mass is 16.3. The SMILES string of the molecule is Cc1cc2c(o1)CCCCC2(C)O. The summed E-state index contributed by atoms with van der Waals surface area (Å²) in [5.74, 6) is 1.90.